The van der Waals surface area contributed by atoms with Gasteiger partial charge in [0.05, 0.1) is 10.6 Å². The second-order valence-electron chi connectivity index (χ2n) is 7.68. The van der Waals surface area contributed by atoms with Crippen LogP contribution in [0.3, 0.4) is 0 Å². The summed E-state index contributed by atoms with van der Waals surface area (Å²) in [6.45, 7) is 0. The Morgan fingerprint density at radius 1 is 0.914 bits per heavy atom. The first-order valence-corrected chi connectivity index (χ1v) is 11.9. The Bertz CT molecular complexity index is 1460. The van der Waals surface area contributed by atoms with Crippen LogP contribution in [-0.4, -0.2) is 43.3 Å². The molecule has 0 bridgehead atoms. The number of para-hydroxylation sites is 1. The quantitative estimate of drug-likeness (QED) is 0.405. The second-order valence-corrected chi connectivity index (χ2v) is 9.36. The molecular weight excluding hydrogens is 471 g/mol. The van der Waals surface area contributed by atoms with E-state index in [0.717, 1.165) is 6.07 Å². The summed E-state index contributed by atoms with van der Waals surface area (Å²) >= 11 is 0. The Hall–Kier alpha value is -4.31. The van der Waals surface area contributed by atoms with E-state index in [1.54, 1.807) is 56.6 Å². The number of halogens is 1. The van der Waals surface area contributed by atoms with Gasteiger partial charge in [-0.1, -0.05) is 36.4 Å². The van der Waals surface area contributed by atoms with Gasteiger partial charge in [-0.25, -0.2) is 22.5 Å². The van der Waals surface area contributed by atoms with Crippen molar-refractivity contribution >= 4 is 21.9 Å². The number of hydrogen-bond donors (Lipinski definition) is 1. The predicted octanol–water partition coefficient (Wildman–Crippen LogP) is 4.58. The number of aromatic nitrogens is 2. The molecule has 1 N–H and O–H groups in total. The highest BCUT2D eigenvalue weighted by atomic mass is 32.2. The van der Waals surface area contributed by atoms with Crippen molar-refractivity contribution in [1.29, 1.82) is 0 Å². The number of anilines is 1. The predicted molar refractivity (Wildman–Crippen MR) is 129 cm³/mol. The van der Waals surface area contributed by atoms with E-state index in [9.17, 15) is 17.6 Å². The van der Waals surface area contributed by atoms with E-state index in [-0.39, 0.29) is 33.5 Å². The van der Waals surface area contributed by atoms with Crippen LogP contribution in [0.2, 0.25) is 0 Å². The van der Waals surface area contributed by atoms with E-state index in [1.165, 1.54) is 35.2 Å². The van der Waals surface area contributed by atoms with Gasteiger partial charge in [0.15, 0.2) is 0 Å². The average molecular weight is 493 g/mol. The molecule has 0 aliphatic carbocycles. The smallest absolute Gasteiger partial charge is 0.264 e. The highest BCUT2D eigenvalue weighted by Gasteiger charge is 2.19. The summed E-state index contributed by atoms with van der Waals surface area (Å²) in [6.07, 6.45) is 0. The number of nitrogens with one attached hydrogen (secondary N) is 1. The van der Waals surface area contributed by atoms with E-state index in [2.05, 4.69) is 14.7 Å². The minimum absolute atomic E-state index is 0.0177. The Morgan fingerprint density at radius 2 is 1.57 bits per heavy atom. The zero-order valence-electron chi connectivity index (χ0n) is 18.8. The van der Waals surface area contributed by atoms with Crippen molar-refractivity contribution in [2.75, 3.05) is 18.8 Å². The maximum Gasteiger partial charge on any atom is 0.264 e. The molecule has 4 aromatic rings. The molecule has 1 heterocycles. The van der Waals surface area contributed by atoms with Gasteiger partial charge >= 0.3 is 0 Å². The summed E-state index contributed by atoms with van der Waals surface area (Å²) in [5.41, 5.74) is 0.514. The molecule has 35 heavy (non-hydrogen) atoms. The Labute approximate surface area is 202 Å². The topological polar surface area (TPSA) is 101 Å². The van der Waals surface area contributed by atoms with Crippen LogP contribution in [0.5, 0.6) is 11.6 Å². The van der Waals surface area contributed by atoms with Crippen LogP contribution in [0.25, 0.3) is 11.3 Å². The molecule has 0 radical (unpaired) electrons. The lowest BCUT2D eigenvalue weighted by Gasteiger charge is -2.13. The van der Waals surface area contributed by atoms with Crippen molar-refractivity contribution in [3.63, 3.8) is 0 Å². The van der Waals surface area contributed by atoms with E-state index in [4.69, 9.17) is 4.74 Å². The Balaban J connectivity index is 1.80. The largest absolute Gasteiger partial charge is 0.439 e. The number of sulfonamides is 1. The lowest BCUT2D eigenvalue weighted by Crippen LogP contribution is -2.21. The first-order chi connectivity index (χ1) is 16.7. The van der Waals surface area contributed by atoms with Crippen LogP contribution in [0.15, 0.2) is 89.8 Å². The van der Waals surface area contributed by atoms with Crippen LogP contribution < -0.4 is 9.46 Å². The van der Waals surface area contributed by atoms with Gasteiger partial charge in [-0.05, 0) is 42.5 Å². The van der Waals surface area contributed by atoms with Gasteiger partial charge in [0.25, 0.3) is 15.9 Å². The van der Waals surface area contributed by atoms with Crippen molar-refractivity contribution in [3.8, 4) is 22.9 Å². The third-order valence-corrected chi connectivity index (χ3v) is 6.14. The number of ether oxygens (including phenoxy) is 1. The SMILES string of the molecule is CN(C)C(=O)c1cc(F)cc(-c2cc(Oc3ccccc3)nc(NS(=O)(=O)c3ccccc3)n2)c1. The van der Waals surface area contributed by atoms with Crippen molar-refractivity contribution in [2.45, 2.75) is 4.90 Å². The number of rotatable bonds is 7. The highest BCUT2D eigenvalue weighted by molar-refractivity contribution is 7.92. The number of carbonyl (C=O) groups is 1. The van der Waals surface area contributed by atoms with Gasteiger partial charge < -0.3 is 9.64 Å². The van der Waals surface area contributed by atoms with E-state index in [0.29, 0.717) is 5.75 Å². The van der Waals surface area contributed by atoms with Gasteiger partial charge in [-0.2, -0.15) is 4.98 Å². The molecule has 3 aromatic carbocycles. The molecule has 1 amide bonds. The number of amides is 1. The molecule has 8 nitrogen and oxygen atoms in total. The minimum atomic E-state index is -4.01. The molecule has 0 saturated carbocycles. The van der Waals surface area contributed by atoms with Gasteiger partial charge in [0.1, 0.15) is 11.6 Å². The summed E-state index contributed by atoms with van der Waals surface area (Å²) in [5, 5.41) is 0. The number of benzene rings is 3. The summed E-state index contributed by atoms with van der Waals surface area (Å²) in [6, 6.07) is 21.7. The van der Waals surface area contributed by atoms with Gasteiger partial charge in [-0.15, -0.1) is 0 Å². The van der Waals surface area contributed by atoms with Crippen molar-refractivity contribution in [3.05, 3.63) is 96.3 Å². The molecule has 0 spiro atoms. The average Bonchev–Trinajstić information content (AvgIpc) is 2.84. The fraction of sp³-hybridized carbons (Fsp3) is 0.0800. The first kappa shape index (κ1) is 23.8. The van der Waals surface area contributed by atoms with E-state index in [1.807, 2.05) is 6.07 Å². The molecule has 0 fully saturated rings. The lowest BCUT2D eigenvalue weighted by molar-refractivity contribution is 0.0827. The fourth-order valence-corrected chi connectivity index (χ4v) is 4.14. The molecule has 4 rings (SSSR count). The maximum absolute atomic E-state index is 14.4. The van der Waals surface area contributed by atoms with Crippen LogP contribution >= 0.6 is 0 Å². The van der Waals surface area contributed by atoms with Crippen molar-refractivity contribution < 1.29 is 22.3 Å². The molecule has 1 aromatic heterocycles. The Kier molecular flexibility index (Phi) is 6.74. The normalized spacial score (nSPS) is 11.1. The van der Waals surface area contributed by atoms with Crippen LogP contribution in [0.1, 0.15) is 10.4 Å². The first-order valence-electron chi connectivity index (χ1n) is 10.4. The highest BCUT2D eigenvalue weighted by Crippen LogP contribution is 2.28. The van der Waals surface area contributed by atoms with Crippen LogP contribution in [0.4, 0.5) is 10.3 Å². The van der Waals surface area contributed by atoms with Crippen molar-refractivity contribution in [2.24, 2.45) is 0 Å². The molecule has 0 unspecified atom stereocenters. The minimum Gasteiger partial charge on any atom is -0.439 e. The van der Waals surface area contributed by atoms with E-state index >= 15 is 0 Å². The number of hydrogen-bond acceptors (Lipinski definition) is 6. The van der Waals surface area contributed by atoms with Crippen molar-refractivity contribution in [1.82, 2.24) is 14.9 Å². The van der Waals surface area contributed by atoms with Gasteiger partial charge in [0.2, 0.25) is 11.8 Å². The zero-order chi connectivity index (χ0) is 25.0. The van der Waals surface area contributed by atoms with E-state index < -0.39 is 21.7 Å². The number of nitrogens with zero attached hydrogens (tertiary/aromatic N) is 3. The molecular formula is C25H21FN4O4S. The summed E-state index contributed by atoms with van der Waals surface area (Å²) in [4.78, 5) is 22.2. The molecule has 0 aliphatic heterocycles. The molecule has 10 heteroatoms. The third kappa shape index (κ3) is 5.79. The summed E-state index contributed by atoms with van der Waals surface area (Å²) in [5.74, 6) is -0.843. The summed E-state index contributed by atoms with van der Waals surface area (Å²) < 4.78 is 48.3. The standard InChI is InChI=1S/C25H21FN4O4S/c1-30(2)24(31)18-13-17(14-19(26)15-18)22-16-23(34-20-9-5-3-6-10-20)28-25(27-22)29-35(32,33)21-11-7-4-8-12-21/h3-16H,1-2H3,(H,27,28,29). The van der Waals surface area contributed by atoms with Gasteiger partial charge in [0, 0.05) is 31.3 Å². The lowest BCUT2D eigenvalue weighted by atomic mass is 10.1. The molecule has 178 valence electrons. The van der Waals surface area contributed by atoms with Gasteiger partial charge in [-0.3, -0.25) is 4.79 Å². The second kappa shape index (κ2) is 9.90. The monoisotopic (exact) mass is 492 g/mol. The fourth-order valence-electron chi connectivity index (χ4n) is 3.18. The molecule has 0 atom stereocenters. The van der Waals surface area contributed by atoms with Crippen LogP contribution in [-0.2, 0) is 10.0 Å². The third-order valence-electron chi connectivity index (χ3n) is 4.79. The Morgan fingerprint density at radius 3 is 2.23 bits per heavy atom. The number of carbonyl (C=O) groups excluding carboxylic acids is 1. The zero-order valence-corrected chi connectivity index (χ0v) is 19.7. The summed E-state index contributed by atoms with van der Waals surface area (Å²) in [7, 11) is -0.897. The maximum atomic E-state index is 14.4. The molecule has 0 saturated heterocycles. The van der Waals surface area contributed by atoms with Crippen LogP contribution in [0, 0.1) is 5.82 Å². The molecule has 0 aliphatic rings.